The van der Waals surface area contributed by atoms with Crippen LogP contribution in [-0.2, 0) is 4.79 Å². The maximum Gasteiger partial charge on any atom is 0.244 e. The minimum Gasteiger partial charge on any atom is -0.360 e. The molecule has 1 unspecified atom stereocenters. The zero-order valence-electron chi connectivity index (χ0n) is 14.3. The minimum absolute atomic E-state index is 0.0554. The lowest BCUT2D eigenvalue weighted by atomic mass is 10.2. The zero-order chi connectivity index (χ0) is 17.9. The third-order valence-corrected chi connectivity index (χ3v) is 5.39. The highest BCUT2D eigenvalue weighted by molar-refractivity contribution is 7.99. The molecule has 6 nitrogen and oxygen atoms in total. The van der Waals surface area contributed by atoms with Gasteiger partial charge in [0.2, 0.25) is 5.91 Å². The first-order valence-corrected chi connectivity index (χ1v) is 9.49. The van der Waals surface area contributed by atoms with Gasteiger partial charge in [0, 0.05) is 34.3 Å². The van der Waals surface area contributed by atoms with E-state index in [9.17, 15) is 4.79 Å². The molecular weight excluding hydrogens is 346 g/mol. The number of amides is 1. The lowest BCUT2D eigenvalue weighted by Gasteiger charge is -2.12. The summed E-state index contributed by atoms with van der Waals surface area (Å²) in [6, 6.07) is 15.5. The number of H-pyrrole nitrogens is 1. The highest BCUT2D eigenvalue weighted by atomic mass is 32.2. The number of hydrogen-bond acceptors (Lipinski definition) is 4. The fourth-order valence-corrected chi connectivity index (χ4v) is 3.83. The van der Waals surface area contributed by atoms with Gasteiger partial charge in [-0.25, -0.2) is 4.68 Å². The molecule has 0 saturated carbocycles. The standard InChI is InChI=1S/C19H19N5OS/c1-13(24-17-9-5-4-8-16(17)22-23-24)19(25)20-10-11-26-18-12-21-15-7-3-2-6-14(15)18/h2-9,12-13,21H,10-11H2,1H3,(H,20,25). The van der Waals surface area contributed by atoms with Crippen molar-refractivity contribution in [3.05, 3.63) is 54.7 Å². The van der Waals surface area contributed by atoms with Crippen molar-refractivity contribution in [2.75, 3.05) is 12.3 Å². The summed E-state index contributed by atoms with van der Waals surface area (Å²) in [6.07, 6.45) is 2.02. The Labute approximate surface area is 155 Å². The number of carbonyl (C=O) groups is 1. The number of benzene rings is 2. The van der Waals surface area contributed by atoms with Crippen LogP contribution in [0.4, 0.5) is 0 Å². The summed E-state index contributed by atoms with van der Waals surface area (Å²) in [5.41, 5.74) is 2.79. The lowest BCUT2D eigenvalue weighted by molar-refractivity contribution is -0.123. The summed E-state index contributed by atoms with van der Waals surface area (Å²) in [4.78, 5) is 16.9. The largest absolute Gasteiger partial charge is 0.360 e. The van der Waals surface area contributed by atoms with Crippen LogP contribution in [0.25, 0.3) is 21.9 Å². The van der Waals surface area contributed by atoms with Gasteiger partial charge in [-0.2, -0.15) is 0 Å². The zero-order valence-corrected chi connectivity index (χ0v) is 15.2. The van der Waals surface area contributed by atoms with Crippen molar-refractivity contribution in [2.45, 2.75) is 17.9 Å². The second-order valence-corrected chi connectivity index (χ2v) is 7.17. The molecule has 2 aromatic heterocycles. The van der Waals surface area contributed by atoms with E-state index < -0.39 is 6.04 Å². The van der Waals surface area contributed by atoms with Crippen molar-refractivity contribution in [3.63, 3.8) is 0 Å². The molecule has 2 N–H and O–H groups in total. The third kappa shape index (κ3) is 3.17. The van der Waals surface area contributed by atoms with Crippen LogP contribution in [0.1, 0.15) is 13.0 Å². The van der Waals surface area contributed by atoms with Gasteiger partial charge in [-0.1, -0.05) is 35.5 Å². The van der Waals surface area contributed by atoms with Crippen molar-refractivity contribution in [2.24, 2.45) is 0 Å². The lowest BCUT2D eigenvalue weighted by Crippen LogP contribution is -2.33. The van der Waals surface area contributed by atoms with Crippen molar-refractivity contribution in [3.8, 4) is 0 Å². The minimum atomic E-state index is -0.402. The molecule has 7 heteroatoms. The first kappa shape index (κ1) is 16.7. The molecule has 2 heterocycles. The topological polar surface area (TPSA) is 75.6 Å². The maximum atomic E-state index is 12.4. The van der Waals surface area contributed by atoms with E-state index in [2.05, 4.69) is 32.7 Å². The summed E-state index contributed by atoms with van der Waals surface area (Å²) in [5.74, 6) is 0.749. The molecule has 0 spiro atoms. The van der Waals surface area contributed by atoms with Crippen LogP contribution in [-0.4, -0.2) is 38.2 Å². The number of nitrogens with one attached hydrogen (secondary N) is 2. The SMILES string of the molecule is CC(C(=O)NCCSc1c[nH]c2ccccc12)n1nnc2ccccc21. The van der Waals surface area contributed by atoms with E-state index >= 15 is 0 Å². The first-order valence-electron chi connectivity index (χ1n) is 8.50. The Bertz CT molecular complexity index is 1050. The molecule has 0 fully saturated rings. The number of hydrogen-bond donors (Lipinski definition) is 2. The molecular formula is C19H19N5OS. The van der Waals surface area contributed by atoms with Gasteiger partial charge in [0.05, 0.1) is 5.52 Å². The van der Waals surface area contributed by atoms with Crippen LogP contribution in [0.2, 0.25) is 0 Å². The van der Waals surface area contributed by atoms with Crippen molar-refractivity contribution in [1.29, 1.82) is 0 Å². The normalized spacial score (nSPS) is 12.5. The van der Waals surface area contributed by atoms with Crippen LogP contribution in [0.3, 0.4) is 0 Å². The molecule has 26 heavy (non-hydrogen) atoms. The number of rotatable bonds is 6. The molecule has 4 aromatic rings. The Kier molecular flexibility index (Phi) is 4.62. The van der Waals surface area contributed by atoms with Gasteiger partial charge >= 0.3 is 0 Å². The predicted molar refractivity (Wildman–Crippen MR) is 104 cm³/mol. The molecule has 2 aromatic carbocycles. The third-order valence-electron chi connectivity index (χ3n) is 4.33. The van der Waals surface area contributed by atoms with E-state index in [0.717, 1.165) is 22.3 Å². The van der Waals surface area contributed by atoms with Crippen molar-refractivity contribution in [1.82, 2.24) is 25.3 Å². The second-order valence-electron chi connectivity index (χ2n) is 6.04. The summed E-state index contributed by atoms with van der Waals surface area (Å²) in [5, 5.41) is 12.4. The Hall–Kier alpha value is -2.80. The van der Waals surface area contributed by atoms with Gasteiger partial charge in [-0.15, -0.1) is 16.9 Å². The fourth-order valence-electron chi connectivity index (χ4n) is 2.93. The molecule has 0 aliphatic rings. The quantitative estimate of drug-likeness (QED) is 0.406. The summed E-state index contributed by atoms with van der Waals surface area (Å²) in [7, 11) is 0. The van der Waals surface area contributed by atoms with E-state index in [0.29, 0.717) is 6.54 Å². The van der Waals surface area contributed by atoms with Gasteiger partial charge in [-0.05, 0) is 25.1 Å². The van der Waals surface area contributed by atoms with Crippen LogP contribution in [0, 0.1) is 0 Å². The molecule has 0 aliphatic carbocycles. The number of thioether (sulfide) groups is 1. The van der Waals surface area contributed by atoms with Crippen LogP contribution >= 0.6 is 11.8 Å². The molecule has 0 aliphatic heterocycles. The summed E-state index contributed by atoms with van der Waals surface area (Å²) < 4.78 is 1.66. The van der Waals surface area contributed by atoms with Gasteiger partial charge < -0.3 is 10.3 Å². The maximum absolute atomic E-state index is 12.4. The Morgan fingerprint density at radius 2 is 2.04 bits per heavy atom. The second kappa shape index (κ2) is 7.21. The van der Waals surface area contributed by atoms with Crippen LogP contribution in [0.5, 0.6) is 0 Å². The first-order chi connectivity index (χ1) is 12.7. The number of fused-ring (bicyclic) bond motifs is 2. The van der Waals surface area contributed by atoms with Crippen molar-refractivity contribution >= 4 is 39.6 Å². The fraction of sp³-hybridized carbons (Fsp3) is 0.211. The molecule has 0 saturated heterocycles. The highest BCUT2D eigenvalue weighted by Gasteiger charge is 2.18. The number of carbonyl (C=O) groups excluding carboxylic acids is 1. The van der Waals surface area contributed by atoms with Gasteiger partial charge in [0.1, 0.15) is 11.6 Å². The molecule has 0 radical (unpaired) electrons. The van der Waals surface area contributed by atoms with Crippen LogP contribution in [0.15, 0.2) is 59.6 Å². The molecule has 4 rings (SSSR count). The highest BCUT2D eigenvalue weighted by Crippen LogP contribution is 2.27. The Balaban J connectivity index is 1.34. The predicted octanol–water partition coefficient (Wildman–Crippen LogP) is 3.38. The summed E-state index contributed by atoms with van der Waals surface area (Å²) in [6.45, 7) is 2.43. The number of aromatic amines is 1. The average Bonchev–Trinajstić information content (AvgIpc) is 3.29. The Morgan fingerprint density at radius 3 is 2.96 bits per heavy atom. The summed E-state index contributed by atoms with van der Waals surface area (Å²) >= 11 is 1.73. The monoisotopic (exact) mass is 365 g/mol. The number of nitrogens with zero attached hydrogens (tertiary/aromatic N) is 3. The van der Waals surface area contributed by atoms with Gasteiger partial charge in [0.15, 0.2) is 0 Å². The van der Waals surface area contributed by atoms with E-state index in [1.807, 2.05) is 49.5 Å². The van der Waals surface area contributed by atoms with Gasteiger partial charge in [-0.3, -0.25) is 4.79 Å². The number of aromatic nitrogens is 4. The molecule has 1 atom stereocenters. The average molecular weight is 365 g/mol. The van der Waals surface area contributed by atoms with E-state index in [1.54, 1.807) is 16.4 Å². The molecule has 132 valence electrons. The van der Waals surface area contributed by atoms with E-state index in [1.165, 1.54) is 10.3 Å². The van der Waals surface area contributed by atoms with Crippen molar-refractivity contribution < 1.29 is 4.79 Å². The van der Waals surface area contributed by atoms with E-state index in [-0.39, 0.29) is 5.91 Å². The molecule has 0 bridgehead atoms. The number of para-hydroxylation sites is 2. The smallest absolute Gasteiger partial charge is 0.244 e. The van der Waals surface area contributed by atoms with Crippen LogP contribution < -0.4 is 5.32 Å². The Morgan fingerprint density at radius 1 is 1.23 bits per heavy atom. The van der Waals surface area contributed by atoms with E-state index in [4.69, 9.17) is 0 Å². The molecule has 1 amide bonds. The van der Waals surface area contributed by atoms with Gasteiger partial charge in [0.25, 0.3) is 0 Å².